The van der Waals surface area contributed by atoms with Crippen LogP contribution in [0.5, 0.6) is 17.2 Å². The molecule has 0 bridgehead atoms. The first-order valence-corrected chi connectivity index (χ1v) is 4.81. The van der Waals surface area contributed by atoms with Gasteiger partial charge >= 0.3 is 0 Å². The lowest BCUT2D eigenvalue weighted by Gasteiger charge is -2.13. The van der Waals surface area contributed by atoms with E-state index >= 15 is 0 Å². The highest BCUT2D eigenvalue weighted by Crippen LogP contribution is 2.34. The average molecular weight is 241 g/mol. The van der Waals surface area contributed by atoms with Crippen molar-refractivity contribution in [3.8, 4) is 17.2 Å². The van der Waals surface area contributed by atoms with Gasteiger partial charge in [-0.25, -0.2) is 5.48 Å². The third-order valence-corrected chi connectivity index (χ3v) is 2.15. The SMILES string of the molecule is CONC(=O)c1cc(OC)c(OC)cc1OC. The lowest BCUT2D eigenvalue weighted by molar-refractivity contribution is 0.0534. The lowest BCUT2D eigenvalue weighted by atomic mass is 10.1. The standard InChI is InChI=1S/C11H15NO5/c1-14-8-6-10(16-3)9(15-2)5-7(8)11(13)12-17-4/h5-6H,1-4H3,(H,12,13). The van der Waals surface area contributed by atoms with Gasteiger partial charge in [0, 0.05) is 12.1 Å². The second kappa shape index (κ2) is 5.95. The number of amides is 1. The molecule has 0 aliphatic rings. The van der Waals surface area contributed by atoms with Crippen LogP contribution in [0.2, 0.25) is 0 Å². The van der Waals surface area contributed by atoms with Crippen molar-refractivity contribution in [1.29, 1.82) is 0 Å². The number of ether oxygens (including phenoxy) is 3. The van der Waals surface area contributed by atoms with Gasteiger partial charge in [-0.15, -0.1) is 0 Å². The Morgan fingerprint density at radius 2 is 1.47 bits per heavy atom. The molecule has 1 rings (SSSR count). The summed E-state index contributed by atoms with van der Waals surface area (Å²) in [7, 11) is 5.81. The summed E-state index contributed by atoms with van der Waals surface area (Å²) in [4.78, 5) is 16.2. The van der Waals surface area contributed by atoms with Crippen LogP contribution in [-0.4, -0.2) is 34.3 Å². The van der Waals surface area contributed by atoms with Gasteiger partial charge in [-0.05, 0) is 0 Å². The predicted octanol–water partition coefficient (Wildman–Crippen LogP) is 1.00. The third kappa shape index (κ3) is 2.79. The number of rotatable bonds is 5. The van der Waals surface area contributed by atoms with E-state index in [1.807, 2.05) is 0 Å². The van der Waals surface area contributed by atoms with Gasteiger partial charge < -0.3 is 14.2 Å². The van der Waals surface area contributed by atoms with E-state index in [-0.39, 0.29) is 0 Å². The number of methoxy groups -OCH3 is 3. The fraction of sp³-hybridized carbons (Fsp3) is 0.364. The first kappa shape index (κ1) is 13.1. The highest BCUT2D eigenvalue weighted by Gasteiger charge is 2.17. The van der Waals surface area contributed by atoms with E-state index in [2.05, 4.69) is 10.3 Å². The minimum absolute atomic E-state index is 0.298. The van der Waals surface area contributed by atoms with E-state index in [9.17, 15) is 4.79 Å². The van der Waals surface area contributed by atoms with Crippen molar-refractivity contribution in [3.05, 3.63) is 17.7 Å². The van der Waals surface area contributed by atoms with Gasteiger partial charge in [0.15, 0.2) is 11.5 Å². The molecular weight excluding hydrogens is 226 g/mol. The van der Waals surface area contributed by atoms with Gasteiger partial charge in [-0.1, -0.05) is 0 Å². The molecule has 0 unspecified atom stereocenters. The minimum Gasteiger partial charge on any atom is -0.496 e. The van der Waals surface area contributed by atoms with Crippen molar-refractivity contribution in [3.63, 3.8) is 0 Å². The summed E-state index contributed by atoms with van der Waals surface area (Å²) in [6.07, 6.45) is 0. The Hall–Kier alpha value is -1.95. The Balaban J connectivity index is 3.23. The topological polar surface area (TPSA) is 66.0 Å². The number of nitrogens with one attached hydrogen (secondary N) is 1. The second-order valence-corrected chi connectivity index (χ2v) is 3.04. The summed E-state index contributed by atoms with van der Waals surface area (Å²) in [6.45, 7) is 0. The third-order valence-electron chi connectivity index (χ3n) is 2.15. The summed E-state index contributed by atoms with van der Waals surface area (Å²) >= 11 is 0. The lowest BCUT2D eigenvalue weighted by Crippen LogP contribution is -2.22. The number of benzene rings is 1. The zero-order chi connectivity index (χ0) is 12.8. The maximum atomic E-state index is 11.7. The van der Waals surface area contributed by atoms with Crippen molar-refractivity contribution < 1.29 is 23.8 Å². The minimum atomic E-state index is -0.426. The summed E-state index contributed by atoms with van der Waals surface area (Å²) < 4.78 is 15.3. The molecule has 0 radical (unpaired) electrons. The molecule has 6 nitrogen and oxygen atoms in total. The van der Waals surface area contributed by atoms with Crippen LogP contribution in [0.3, 0.4) is 0 Å². The van der Waals surface area contributed by atoms with Gasteiger partial charge in [0.25, 0.3) is 5.91 Å². The molecule has 0 fully saturated rings. The van der Waals surface area contributed by atoms with Crippen LogP contribution in [0, 0.1) is 0 Å². The molecule has 1 N–H and O–H groups in total. The maximum absolute atomic E-state index is 11.7. The summed E-state index contributed by atoms with van der Waals surface area (Å²) in [5.74, 6) is 0.871. The van der Waals surface area contributed by atoms with Crippen molar-refractivity contribution in [2.75, 3.05) is 28.4 Å². The van der Waals surface area contributed by atoms with Crippen LogP contribution in [-0.2, 0) is 4.84 Å². The molecule has 0 atom stereocenters. The molecule has 1 aromatic rings. The van der Waals surface area contributed by atoms with E-state index in [0.717, 1.165) is 0 Å². The maximum Gasteiger partial charge on any atom is 0.278 e. The molecular formula is C11H15NO5. The monoisotopic (exact) mass is 241 g/mol. The van der Waals surface area contributed by atoms with Crippen LogP contribution >= 0.6 is 0 Å². The largest absolute Gasteiger partial charge is 0.496 e. The molecule has 0 heterocycles. The molecule has 94 valence electrons. The van der Waals surface area contributed by atoms with Crippen molar-refractivity contribution in [2.45, 2.75) is 0 Å². The van der Waals surface area contributed by atoms with Crippen molar-refractivity contribution >= 4 is 5.91 Å². The Labute approximate surface area is 99.4 Å². The summed E-state index contributed by atoms with van der Waals surface area (Å²) in [5.41, 5.74) is 2.51. The first-order valence-electron chi connectivity index (χ1n) is 4.81. The van der Waals surface area contributed by atoms with Gasteiger partial charge in [0.2, 0.25) is 0 Å². The molecule has 0 saturated heterocycles. The van der Waals surface area contributed by atoms with Gasteiger partial charge in [-0.3, -0.25) is 9.63 Å². The Bertz CT molecular complexity index is 405. The van der Waals surface area contributed by atoms with E-state index < -0.39 is 5.91 Å². The molecule has 0 spiro atoms. The van der Waals surface area contributed by atoms with Crippen LogP contribution < -0.4 is 19.7 Å². The van der Waals surface area contributed by atoms with E-state index in [1.54, 1.807) is 6.07 Å². The van der Waals surface area contributed by atoms with Gasteiger partial charge in [-0.2, -0.15) is 0 Å². The highest BCUT2D eigenvalue weighted by atomic mass is 16.6. The molecule has 1 aromatic carbocycles. The van der Waals surface area contributed by atoms with Crippen LogP contribution in [0.25, 0.3) is 0 Å². The van der Waals surface area contributed by atoms with Crippen molar-refractivity contribution in [1.82, 2.24) is 5.48 Å². The molecule has 0 aromatic heterocycles. The second-order valence-electron chi connectivity index (χ2n) is 3.04. The van der Waals surface area contributed by atoms with Crippen LogP contribution in [0.15, 0.2) is 12.1 Å². The predicted molar refractivity (Wildman–Crippen MR) is 60.6 cm³/mol. The number of hydroxylamine groups is 1. The summed E-state index contributed by atoms with van der Waals surface area (Å²) in [5, 5.41) is 0. The molecule has 6 heteroatoms. The fourth-order valence-electron chi connectivity index (χ4n) is 1.35. The van der Waals surface area contributed by atoms with Crippen LogP contribution in [0.4, 0.5) is 0 Å². The zero-order valence-electron chi connectivity index (χ0n) is 10.2. The Morgan fingerprint density at radius 3 is 1.94 bits per heavy atom. The highest BCUT2D eigenvalue weighted by molar-refractivity contribution is 5.97. The smallest absolute Gasteiger partial charge is 0.278 e. The number of hydrogen-bond acceptors (Lipinski definition) is 5. The molecule has 0 aliphatic carbocycles. The quantitative estimate of drug-likeness (QED) is 0.779. The molecule has 0 aliphatic heterocycles. The van der Waals surface area contributed by atoms with Gasteiger partial charge in [0.05, 0.1) is 34.0 Å². The average Bonchev–Trinajstić information content (AvgIpc) is 2.37. The molecule has 17 heavy (non-hydrogen) atoms. The van der Waals surface area contributed by atoms with Crippen LogP contribution in [0.1, 0.15) is 10.4 Å². The Morgan fingerprint density at radius 1 is 0.941 bits per heavy atom. The van der Waals surface area contributed by atoms with E-state index in [0.29, 0.717) is 22.8 Å². The number of carbonyl (C=O) groups excluding carboxylic acids is 1. The zero-order valence-corrected chi connectivity index (χ0v) is 10.2. The Kier molecular flexibility index (Phi) is 4.59. The normalized spacial score (nSPS) is 9.65. The first-order chi connectivity index (χ1) is 8.17. The fourth-order valence-corrected chi connectivity index (χ4v) is 1.35. The van der Waals surface area contributed by atoms with Gasteiger partial charge in [0.1, 0.15) is 5.75 Å². The van der Waals surface area contributed by atoms with E-state index in [1.165, 1.54) is 34.5 Å². The number of hydrogen-bond donors (Lipinski definition) is 1. The number of carbonyl (C=O) groups is 1. The molecule has 0 saturated carbocycles. The summed E-state index contributed by atoms with van der Waals surface area (Å²) in [6, 6.07) is 3.09. The van der Waals surface area contributed by atoms with E-state index in [4.69, 9.17) is 14.2 Å². The van der Waals surface area contributed by atoms with Crippen molar-refractivity contribution in [2.24, 2.45) is 0 Å². The molecule has 1 amide bonds.